The number of hydrogen-bond acceptors (Lipinski definition) is 6. The molecule has 1 spiro atoms. The van der Waals surface area contributed by atoms with Crippen LogP contribution in [-0.4, -0.2) is 64.7 Å². The van der Waals surface area contributed by atoms with E-state index in [0.29, 0.717) is 12.2 Å². The third-order valence-electron chi connectivity index (χ3n) is 8.04. The van der Waals surface area contributed by atoms with Crippen LogP contribution in [0.4, 0.5) is 0 Å². The number of aliphatic hydroxyl groups excluding tert-OH is 3. The van der Waals surface area contributed by atoms with Gasteiger partial charge in [0.1, 0.15) is 23.6 Å². The molecular weight excluding hydrogens is 384 g/mol. The van der Waals surface area contributed by atoms with Gasteiger partial charge < -0.3 is 29.5 Å². The first-order chi connectivity index (χ1) is 14.1. The third kappa shape index (κ3) is 3.03. The number of methoxy groups -OCH3 is 1. The summed E-state index contributed by atoms with van der Waals surface area (Å²) in [6, 6.07) is 0. The van der Waals surface area contributed by atoms with Gasteiger partial charge in [0.05, 0.1) is 24.4 Å². The summed E-state index contributed by atoms with van der Waals surface area (Å²) in [5.74, 6) is -0.116. The molecule has 1 saturated heterocycles. The number of aliphatic hydroxyl groups is 3. The maximum Gasteiger partial charge on any atom is 0.130 e. The van der Waals surface area contributed by atoms with E-state index in [4.69, 9.17) is 14.2 Å². The van der Waals surface area contributed by atoms with E-state index < -0.39 is 30.0 Å². The van der Waals surface area contributed by atoms with Gasteiger partial charge in [-0.15, -0.1) is 0 Å². The maximum absolute atomic E-state index is 11.2. The van der Waals surface area contributed by atoms with Crippen LogP contribution in [0.15, 0.2) is 36.1 Å². The Bertz CT molecular complexity index is 744. The lowest BCUT2D eigenvalue weighted by Gasteiger charge is -2.49. The predicted molar refractivity (Wildman–Crippen MR) is 112 cm³/mol. The van der Waals surface area contributed by atoms with Crippen molar-refractivity contribution >= 4 is 0 Å². The van der Waals surface area contributed by atoms with Crippen LogP contribution in [-0.2, 0) is 14.2 Å². The molecular formula is C24H36O6. The summed E-state index contributed by atoms with van der Waals surface area (Å²) in [7, 11) is 1.63. The van der Waals surface area contributed by atoms with E-state index in [0.717, 1.165) is 5.57 Å². The summed E-state index contributed by atoms with van der Waals surface area (Å²) in [4.78, 5) is 0. The van der Waals surface area contributed by atoms with Gasteiger partial charge in [-0.3, -0.25) is 0 Å². The van der Waals surface area contributed by atoms with Crippen molar-refractivity contribution in [1.82, 2.24) is 0 Å². The SMILES string of the molecule is C=C1OC(C(C)O)[C@H](C)/C=C(\C)[C@]23O[C@@H]4C(C=C[C@@H]2C[C@H]1OC)C3C(O)[C@@H](C)[C@H]4O. The molecule has 0 amide bonds. The van der Waals surface area contributed by atoms with Gasteiger partial charge in [-0.2, -0.15) is 0 Å². The van der Waals surface area contributed by atoms with Crippen molar-refractivity contribution in [2.45, 2.75) is 76.3 Å². The van der Waals surface area contributed by atoms with Gasteiger partial charge in [0.25, 0.3) is 0 Å². The standard InChI is InChI=1S/C24H36O6/c1-11-9-12(2)24-16(10-18(28-6)15(5)29-22(11)14(4)25)7-8-17-19(24)20(26)13(3)21(27)23(17)30-24/h7-9,11,13-14,16-23,25-27H,5,10H2,1-4,6H3/b12-9+/t11-,13-,14?,16-,17?,18-,19?,20?,21-,22?,23-,24+/m1/s1. The van der Waals surface area contributed by atoms with Crippen molar-refractivity contribution in [3.05, 3.63) is 36.1 Å². The van der Waals surface area contributed by atoms with Crippen LogP contribution in [0.3, 0.4) is 0 Å². The number of ether oxygens (including phenoxy) is 3. The van der Waals surface area contributed by atoms with Crippen LogP contribution in [0.5, 0.6) is 0 Å². The van der Waals surface area contributed by atoms with Gasteiger partial charge in [-0.1, -0.05) is 38.7 Å². The fraction of sp³-hybridized carbons (Fsp3) is 0.750. The van der Waals surface area contributed by atoms with Crippen LogP contribution in [0.2, 0.25) is 0 Å². The zero-order valence-corrected chi connectivity index (χ0v) is 18.6. The Morgan fingerprint density at radius 2 is 1.93 bits per heavy atom. The topological polar surface area (TPSA) is 88.4 Å². The van der Waals surface area contributed by atoms with Crippen molar-refractivity contribution in [2.24, 2.45) is 29.6 Å². The van der Waals surface area contributed by atoms with E-state index in [-0.39, 0.29) is 41.8 Å². The summed E-state index contributed by atoms with van der Waals surface area (Å²) < 4.78 is 18.6. The third-order valence-corrected chi connectivity index (χ3v) is 8.04. The maximum atomic E-state index is 11.2. The fourth-order valence-electron chi connectivity index (χ4n) is 6.46. The molecule has 168 valence electrons. The van der Waals surface area contributed by atoms with Crippen molar-refractivity contribution in [1.29, 1.82) is 0 Å². The molecule has 1 saturated carbocycles. The van der Waals surface area contributed by atoms with E-state index in [1.807, 2.05) is 20.8 Å². The zero-order chi connectivity index (χ0) is 22.0. The second-order valence-corrected chi connectivity index (χ2v) is 9.77. The predicted octanol–water partition coefficient (Wildman–Crippen LogP) is 2.19. The van der Waals surface area contributed by atoms with E-state index in [1.165, 1.54) is 0 Å². The smallest absolute Gasteiger partial charge is 0.130 e. The van der Waals surface area contributed by atoms with E-state index in [9.17, 15) is 15.3 Å². The summed E-state index contributed by atoms with van der Waals surface area (Å²) in [5, 5.41) is 32.5. The monoisotopic (exact) mass is 420 g/mol. The minimum absolute atomic E-state index is 0.0305. The van der Waals surface area contributed by atoms with Gasteiger partial charge in [0.2, 0.25) is 0 Å². The molecule has 5 unspecified atom stereocenters. The molecule has 2 aliphatic heterocycles. The van der Waals surface area contributed by atoms with Crippen molar-refractivity contribution in [2.75, 3.05) is 7.11 Å². The molecule has 0 aromatic heterocycles. The first-order valence-corrected chi connectivity index (χ1v) is 11.1. The lowest BCUT2D eigenvalue weighted by atomic mass is 9.57. The average Bonchev–Trinajstić information content (AvgIpc) is 2.91. The lowest BCUT2D eigenvalue weighted by molar-refractivity contribution is -0.103. The molecule has 30 heavy (non-hydrogen) atoms. The number of rotatable bonds is 2. The summed E-state index contributed by atoms with van der Waals surface area (Å²) >= 11 is 0. The van der Waals surface area contributed by atoms with Gasteiger partial charge in [-0.05, 0) is 25.8 Å². The zero-order valence-electron chi connectivity index (χ0n) is 18.6. The van der Waals surface area contributed by atoms with Gasteiger partial charge in [0.15, 0.2) is 0 Å². The second-order valence-electron chi connectivity index (χ2n) is 9.77. The highest BCUT2D eigenvalue weighted by Crippen LogP contribution is 2.60. The van der Waals surface area contributed by atoms with E-state index in [1.54, 1.807) is 14.0 Å². The normalized spacial score (nSPS) is 53.3. The molecule has 6 heteroatoms. The first-order valence-electron chi connectivity index (χ1n) is 11.1. The summed E-state index contributed by atoms with van der Waals surface area (Å²) in [6.07, 6.45) is 3.67. The molecule has 2 heterocycles. The van der Waals surface area contributed by atoms with Crippen LogP contribution in [0.25, 0.3) is 0 Å². The number of hydrogen-bond donors (Lipinski definition) is 3. The van der Waals surface area contributed by atoms with Crippen LogP contribution >= 0.6 is 0 Å². The summed E-state index contributed by atoms with van der Waals surface area (Å²) in [5.41, 5.74) is 0.278. The Morgan fingerprint density at radius 1 is 1.23 bits per heavy atom. The van der Waals surface area contributed by atoms with Crippen molar-refractivity contribution < 1.29 is 29.5 Å². The Balaban J connectivity index is 1.86. The minimum Gasteiger partial charge on any atom is -0.489 e. The molecule has 0 aromatic carbocycles. The van der Waals surface area contributed by atoms with Gasteiger partial charge in [0, 0.05) is 36.7 Å². The Morgan fingerprint density at radius 3 is 2.57 bits per heavy atom. The molecule has 12 atom stereocenters. The molecule has 3 N–H and O–H groups in total. The second kappa shape index (κ2) is 7.75. The first kappa shape index (κ1) is 22.0. The lowest BCUT2D eigenvalue weighted by Crippen LogP contribution is -2.56. The van der Waals surface area contributed by atoms with E-state index in [2.05, 4.69) is 24.8 Å². The quantitative estimate of drug-likeness (QED) is 0.594. The van der Waals surface area contributed by atoms with Crippen molar-refractivity contribution in [3.8, 4) is 0 Å². The minimum atomic E-state index is -0.735. The Hall–Kier alpha value is -1.18. The molecule has 0 aromatic rings. The molecule has 4 bridgehead atoms. The molecule has 2 aliphatic carbocycles. The Labute approximate surface area is 179 Å². The highest BCUT2D eigenvalue weighted by atomic mass is 16.5. The molecule has 6 nitrogen and oxygen atoms in total. The largest absolute Gasteiger partial charge is 0.489 e. The molecule has 4 aliphatic rings. The van der Waals surface area contributed by atoms with E-state index >= 15 is 0 Å². The summed E-state index contributed by atoms with van der Waals surface area (Å²) in [6.45, 7) is 11.8. The highest BCUT2D eigenvalue weighted by Gasteiger charge is 2.67. The van der Waals surface area contributed by atoms with Gasteiger partial charge in [-0.25, -0.2) is 0 Å². The molecule has 2 fully saturated rings. The van der Waals surface area contributed by atoms with Gasteiger partial charge >= 0.3 is 0 Å². The molecule has 4 rings (SSSR count). The Kier molecular flexibility index (Phi) is 5.69. The van der Waals surface area contributed by atoms with Crippen LogP contribution < -0.4 is 0 Å². The van der Waals surface area contributed by atoms with Crippen LogP contribution in [0, 0.1) is 29.6 Å². The fourth-order valence-corrected chi connectivity index (χ4v) is 6.46. The van der Waals surface area contributed by atoms with Crippen LogP contribution in [0.1, 0.15) is 34.1 Å². The molecule has 0 radical (unpaired) electrons. The highest BCUT2D eigenvalue weighted by molar-refractivity contribution is 5.35. The van der Waals surface area contributed by atoms with Crippen molar-refractivity contribution in [3.63, 3.8) is 0 Å². The average molecular weight is 421 g/mol.